The molecule has 1 fully saturated rings. The number of ether oxygens (including phenoxy) is 1. The smallest absolute Gasteiger partial charge is 0.330 e. The van der Waals surface area contributed by atoms with Gasteiger partial charge in [-0.3, -0.25) is 4.79 Å². The number of hydrogen-bond acceptors (Lipinski definition) is 5. The molecule has 2 rings (SSSR count). The lowest BCUT2D eigenvalue weighted by molar-refractivity contribution is -0.142. The molecule has 0 radical (unpaired) electrons. The van der Waals surface area contributed by atoms with Crippen LogP contribution in [0, 0.1) is 0 Å². The van der Waals surface area contributed by atoms with Gasteiger partial charge in [-0.2, -0.15) is 0 Å². The highest BCUT2D eigenvalue weighted by molar-refractivity contribution is 7.92. The second-order valence-corrected chi connectivity index (χ2v) is 7.71. The molecule has 0 aliphatic carbocycles. The molecule has 1 heterocycles. The maximum absolute atomic E-state index is 12.2. The van der Waals surface area contributed by atoms with E-state index in [1.165, 1.54) is 19.2 Å². The molecular weight excluding hydrogens is 322 g/mol. The summed E-state index contributed by atoms with van der Waals surface area (Å²) in [5.74, 6) is -1.49. The van der Waals surface area contributed by atoms with Crippen molar-refractivity contribution in [1.82, 2.24) is 5.32 Å². The molecule has 0 aromatic heterocycles. The van der Waals surface area contributed by atoms with Crippen LogP contribution in [0.5, 0.6) is 5.75 Å². The minimum absolute atomic E-state index is 0.0363. The number of benzene rings is 1. The standard InChI is InChI=1S/C15H19NO6S/c1-22-11-7-5-10(6-8-11)13(15(18)19)16-14(17)12-4-2-3-9-23(12,20)21/h5-8,12-13H,2-4,9H2,1H3,(H,16,17)(H,18,19). The van der Waals surface area contributed by atoms with Gasteiger partial charge in [0, 0.05) is 0 Å². The molecule has 0 bridgehead atoms. The number of carbonyl (C=O) groups is 2. The molecule has 1 aliphatic rings. The van der Waals surface area contributed by atoms with Crippen LogP contribution in [0.25, 0.3) is 0 Å². The Kier molecular flexibility index (Phi) is 5.25. The van der Waals surface area contributed by atoms with E-state index in [0.29, 0.717) is 24.2 Å². The lowest BCUT2D eigenvalue weighted by Crippen LogP contribution is -2.45. The summed E-state index contributed by atoms with van der Waals surface area (Å²) in [6, 6.07) is 4.90. The first-order valence-electron chi connectivity index (χ1n) is 7.24. The van der Waals surface area contributed by atoms with Gasteiger partial charge in [-0.15, -0.1) is 0 Å². The van der Waals surface area contributed by atoms with E-state index in [1.54, 1.807) is 12.1 Å². The fraction of sp³-hybridized carbons (Fsp3) is 0.467. The third-order valence-corrected chi connectivity index (χ3v) is 6.03. The molecular formula is C15H19NO6S. The summed E-state index contributed by atoms with van der Waals surface area (Å²) in [5.41, 5.74) is 0.347. The van der Waals surface area contributed by atoms with E-state index in [4.69, 9.17) is 4.74 Å². The number of carboxylic acid groups (broad SMARTS) is 1. The topological polar surface area (TPSA) is 110 Å². The number of aliphatic carboxylic acids is 1. The number of amides is 1. The Morgan fingerprint density at radius 1 is 1.26 bits per heavy atom. The summed E-state index contributed by atoms with van der Waals surface area (Å²) in [5, 5.41) is 10.5. The Balaban J connectivity index is 2.18. The zero-order chi connectivity index (χ0) is 17.0. The first-order valence-corrected chi connectivity index (χ1v) is 8.95. The van der Waals surface area contributed by atoms with Gasteiger partial charge in [0.2, 0.25) is 5.91 Å². The van der Waals surface area contributed by atoms with Gasteiger partial charge in [0.15, 0.2) is 15.9 Å². The number of carbonyl (C=O) groups excluding carboxylic acids is 1. The molecule has 23 heavy (non-hydrogen) atoms. The SMILES string of the molecule is COc1ccc(C(NC(=O)C2CCCCS2(=O)=O)C(=O)O)cc1. The van der Waals surface area contributed by atoms with Crippen molar-refractivity contribution in [1.29, 1.82) is 0 Å². The third kappa shape index (κ3) is 4.01. The van der Waals surface area contributed by atoms with Gasteiger partial charge in [0.05, 0.1) is 12.9 Å². The quantitative estimate of drug-likeness (QED) is 0.823. The normalized spacial score (nSPS) is 21.2. The summed E-state index contributed by atoms with van der Waals surface area (Å²) < 4.78 is 28.9. The second kappa shape index (κ2) is 6.99. The molecule has 0 saturated carbocycles. The van der Waals surface area contributed by atoms with Gasteiger partial charge >= 0.3 is 5.97 Å². The van der Waals surface area contributed by atoms with Crippen molar-refractivity contribution in [2.24, 2.45) is 0 Å². The Morgan fingerprint density at radius 2 is 1.91 bits per heavy atom. The van der Waals surface area contributed by atoms with Gasteiger partial charge in [0.1, 0.15) is 11.0 Å². The second-order valence-electron chi connectivity index (χ2n) is 5.40. The van der Waals surface area contributed by atoms with Crippen LogP contribution in [-0.4, -0.2) is 43.5 Å². The average Bonchev–Trinajstić information content (AvgIpc) is 2.52. The van der Waals surface area contributed by atoms with E-state index < -0.39 is 33.0 Å². The molecule has 0 spiro atoms. The molecule has 1 aliphatic heterocycles. The Morgan fingerprint density at radius 3 is 2.43 bits per heavy atom. The Labute approximate surface area is 134 Å². The lowest BCUT2D eigenvalue weighted by Gasteiger charge is -2.23. The van der Waals surface area contributed by atoms with E-state index in [0.717, 1.165) is 0 Å². The number of rotatable bonds is 5. The molecule has 1 aromatic rings. The van der Waals surface area contributed by atoms with Gasteiger partial charge in [-0.25, -0.2) is 13.2 Å². The van der Waals surface area contributed by atoms with Crippen LogP contribution in [0.15, 0.2) is 24.3 Å². The molecule has 1 amide bonds. The van der Waals surface area contributed by atoms with Gasteiger partial charge in [0.25, 0.3) is 0 Å². The van der Waals surface area contributed by atoms with Crippen LogP contribution in [0.3, 0.4) is 0 Å². The maximum Gasteiger partial charge on any atom is 0.330 e. The predicted octanol–water partition coefficient (Wildman–Crippen LogP) is 0.904. The molecule has 8 heteroatoms. The van der Waals surface area contributed by atoms with E-state index in [-0.39, 0.29) is 12.2 Å². The van der Waals surface area contributed by atoms with Gasteiger partial charge < -0.3 is 15.2 Å². The molecule has 1 aromatic carbocycles. The molecule has 1 saturated heterocycles. The minimum Gasteiger partial charge on any atom is -0.497 e. The monoisotopic (exact) mass is 341 g/mol. The van der Waals surface area contributed by atoms with Crippen molar-refractivity contribution in [2.45, 2.75) is 30.6 Å². The van der Waals surface area contributed by atoms with E-state index in [2.05, 4.69) is 5.32 Å². The molecule has 126 valence electrons. The van der Waals surface area contributed by atoms with Crippen LogP contribution in [0.4, 0.5) is 0 Å². The minimum atomic E-state index is -3.51. The van der Waals surface area contributed by atoms with Crippen molar-refractivity contribution in [3.63, 3.8) is 0 Å². The van der Waals surface area contributed by atoms with Gasteiger partial charge in [-0.1, -0.05) is 18.6 Å². The van der Waals surface area contributed by atoms with E-state index >= 15 is 0 Å². The van der Waals surface area contributed by atoms with Crippen molar-refractivity contribution >= 4 is 21.7 Å². The highest BCUT2D eigenvalue weighted by Crippen LogP contribution is 2.22. The highest BCUT2D eigenvalue weighted by Gasteiger charge is 2.36. The third-order valence-electron chi connectivity index (χ3n) is 3.85. The molecule has 2 atom stereocenters. The maximum atomic E-state index is 12.2. The predicted molar refractivity (Wildman–Crippen MR) is 82.9 cm³/mol. The number of hydrogen-bond donors (Lipinski definition) is 2. The van der Waals surface area contributed by atoms with Crippen molar-refractivity contribution in [2.75, 3.05) is 12.9 Å². The van der Waals surface area contributed by atoms with Crippen molar-refractivity contribution in [3.8, 4) is 5.75 Å². The van der Waals surface area contributed by atoms with E-state index in [9.17, 15) is 23.1 Å². The van der Waals surface area contributed by atoms with Crippen LogP contribution >= 0.6 is 0 Å². The molecule has 2 N–H and O–H groups in total. The zero-order valence-corrected chi connectivity index (χ0v) is 13.5. The lowest BCUT2D eigenvalue weighted by atomic mass is 10.1. The van der Waals surface area contributed by atoms with Crippen LogP contribution in [0.1, 0.15) is 30.9 Å². The number of carboxylic acids is 1. The molecule has 2 unspecified atom stereocenters. The largest absolute Gasteiger partial charge is 0.497 e. The summed E-state index contributed by atoms with van der Waals surface area (Å²) >= 11 is 0. The zero-order valence-electron chi connectivity index (χ0n) is 12.7. The van der Waals surface area contributed by atoms with Crippen LogP contribution < -0.4 is 10.1 Å². The van der Waals surface area contributed by atoms with Gasteiger partial charge in [-0.05, 0) is 30.5 Å². The summed E-state index contributed by atoms with van der Waals surface area (Å²) in [7, 11) is -2.03. The van der Waals surface area contributed by atoms with Crippen molar-refractivity contribution < 1.29 is 27.9 Å². The summed E-state index contributed by atoms with van der Waals surface area (Å²) in [6.07, 6.45) is 1.40. The number of methoxy groups -OCH3 is 1. The van der Waals surface area contributed by atoms with Crippen LogP contribution in [-0.2, 0) is 19.4 Å². The summed E-state index contributed by atoms with van der Waals surface area (Å²) in [6.45, 7) is 0. The van der Waals surface area contributed by atoms with Crippen LogP contribution in [0.2, 0.25) is 0 Å². The van der Waals surface area contributed by atoms with E-state index in [1.807, 2.05) is 0 Å². The Hall–Kier alpha value is -2.09. The Bertz CT molecular complexity index is 682. The number of sulfone groups is 1. The number of nitrogens with one attached hydrogen (secondary N) is 1. The first kappa shape index (κ1) is 17.3. The molecule has 7 nitrogen and oxygen atoms in total. The first-order chi connectivity index (χ1) is 10.8. The average molecular weight is 341 g/mol. The fourth-order valence-electron chi connectivity index (χ4n) is 2.57. The highest BCUT2D eigenvalue weighted by atomic mass is 32.2. The summed E-state index contributed by atoms with van der Waals surface area (Å²) in [4.78, 5) is 23.7. The van der Waals surface area contributed by atoms with Crippen molar-refractivity contribution in [3.05, 3.63) is 29.8 Å². The fourth-order valence-corrected chi connectivity index (χ4v) is 4.38.